The minimum Gasteiger partial charge on any atom is -0.494 e. The van der Waals surface area contributed by atoms with E-state index in [-0.39, 0.29) is 12.2 Å². The molecule has 1 atom stereocenters. The first-order valence-corrected chi connectivity index (χ1v) is 6.20. The highest BCUT2D eigenvalue weighted by Gasteiger charge is 2.12. The second kappa shape index (κ2) is 7.30. The van der Waals surface area contributed by atoms with Crippen molar-refractivity contribution in [2.75, 3.05) is 20.2 Å². The zero-order valence-electron chi connectivity index (χ0n) is 11.2. The van der Waals surface area contributed by atoms with Crippen molar-refractivity contribution < 1.29 is 9.47 Å². The summed E-state index contributed by atoms with van der Waals surface area (Å²) in [7, 11) is 1.94. The molecule has 17 heavy (non-hydrogen) atoms. The SMILES string of the molecule is CCOc1ccc(C(CNC)OC(C)C)cc1. The van der Waals surface area contributed by atoms with Gasteiger partial charge in [-0.1, -0.05) is 12.1 Å². The largest absolute Gasteiger partial charge is 0.494 e. The van der Waals surface area contributed by atoms with Gasteiger partial charge in [0.1, 0.15) is 5.75 Å². The van der Waals surface area contributed by atoms with Gasteiger partial charge in [0.05, 0.1) is 18.8 Å². The summed E-state index contributed by atoms with van der Waals surface area (Å²) in [6, 6.07) is 8.11. The van der Waals surface area contributed by atoms with E-state index in [1.165, 1.54) is 5.56 Å². The van der Waals surface area contributed by atoms with Crippen LogP contribution in [0.25, 0.3) is 0 Å². The molecule has 0 aliphatic rings. The molecule has 0 radical (unpaired) electrons. The van der Waals surface area contributed by atoms with Crippen LogP contribution in [0, 0.1) is 0 Å². The Balaban J connectivity index is 2.72. The molecule has 0 aliphatic heterocycles. The predicted molar refractivity (Wildman–Crippen MR) is 70.5 cm³/mol. The molecule has 1 aromatic rings. The Morgan fingerprint density at radius 2 is 1.82 bits per heavy atom. The van der Waals surface area contributed by atoms with Gasteiger partial charge in [0.25, 0.3) is 0 Å². The maximum absolute atomic E-state index is 5.87. The molecule has 1 N–H and O–H groups in total. The molecule has 96 valence electrons. The summed E-state index contributed by atoms with van der Waals surface area (Å²) in [5, 5.41) is 3.16. The number of ether oxygens (including phenoxy) is 2. The Morgan fingerprint density at radius 1 is 1.18 bits per heavy atom. The molecule has 0 bridgehead atoms. The number of likely N-dealkylation sites (N-methyl/N-ethyl adjacent to an activating group) is 1. The number of rotatable bonds is 7. The van der Waals surface area contributed by atoms with E-state index in [2.05, 4.69) is 31.3 Å². The average Bonchev–Trinajstić information content (AvgIpc) is 2.29. The topological polar surface area (TPSA) is 30.5 Å². The molecule has 1 aromatic carbocycles. The summed E-state index contributed by atoms with van der Waals surface area (Å²) < 4.78 is 11.3. The maximum atomic E-state index is 5.87. The number of nitrogens with one attached hydrogen (secondary N) is 1. The Morgan fingerprint density at radius 3 is 2.29 bits per heavy atom. The lowest BCUT2D eigenvalue weighted by atomic mass is 10.1. The Bertz CT molecular complexity index is 309. The standard InChI is InChI=1S/C14H23NO2/c1-5-16-13-8-6-12(7-9-13)14(10-15-4)17-11(2)3/h6-9,11,14-15H,5,10H2,1-4H3. The first-order valence-electron chi connectivity index (χ1n) is 6.20. The Labute approximate surface area is 104 Å². The molecule has 0 heterocycles. The van der Waals surface area contributed by atoms with Gasteiger partial charge >= 0.3 is 0 Å². The molecule has 0 saturated heterocycles. The summed E-state index contributed by atoms with van der Waals surface area (Å²) in [6.45, 7) is 7.60. The van der Waals surface area contributed by atoms with E-state index in [1.54, 1.807) is 0 Å². The summed E-state index contributed by atoms with van der Waals surface area (Å²) in [4.78, 5) is 0. The molecular weight excluding hydrogens is 214 g/mol. The van der Waals surface area contributed by atoms with Gasteiger partial charge in [-0.05, 0) is 45.5 Å². The average molecular weight is 237 g/mol. The number of hydrogen-bond acceptors (Lipinski definition) is 3. The lowest BCUT2D eigenvalue weighted by molar-refractivity contribution is 0.00812. The van der Waals surface area contributed by atoms with Gasteiger partial charge in [-0.2, -0.15) is 0 Å². The third-order valence-corrected chi connectivity index (χ3v) is 2.39. The third kappa shape index (κ3) is 4.75. The van der Waals surface area contributed by atoms with E-state index in [0.717, 1.165) is 12.3 Å². The highest BCUT2D eigenvalue weighted by molar-refractivity contribution is 5.28. The van der Waals surface area contributed by atoms with Gasteiger partial charge in [-0.15, -0.1) is 0 Å². The minimum absolute atomic E-state index is 0.0932. The second-order valence-corrected chi connectivity index (χ2v) is 4.23. The predicted octanol–water partition coefficient (Wildman–Crippen LogP) is 2.77. The Hall–Kier alpha value is -1.06. The van der Waals surface area contributed by atoms with E-state index in [0.29, 0.717) is 6.61 Å². The smallest absolute Gasteiger partial charge is 0.119 e. The zero-order chi connectivity index (χ0) is 12.7. The van der Waals surface area contributed by atoms with Crippen LogP contribution in [0.2, 0.25) is 0 Å². The van der Waals surface area contributed by atoms with Crippen molar-refractivity contribution in [3.8, 4) is 5.75 Å². The van der Waals surface area contributed by atoms with Crippen molar-refractivity contribution in [1.29, 1.82) is 0 Å². The minimum atomic E-state index is 0.0932. The van der Waals surface area contributed by atoms with Crippen LogP contribution in [-0.4, -0.2) is 26.3 Å². The van der Waals surface area contributed by atoms with Crippen LogP contribution in [0.3, 0.4) is 0 Å². The second-order valence-electron chi connectivity index (χ2n) is 4.23. The normalized spacial score (nSPS) is 12.8. The van der Waals surface area contributed by atoms with Gasteiger partial charge in [-0.25, -0.2) is 0 Å². The van der Waals surface area contributed by atoms with Crippen LogP contribution in [-0.2, 0) is 4.74 Å². The summed E-state index contributed by atoms with van der Waals surface area (Å²) in [6.07, 6.45) is 0.315. The highest BCUT2D eigenvalue weighted by atomic mass is 16.5. The van der Waals surface area contributed by atoms with Crippen LogP contribution < -0.4 is 10.1 Å². The van der Waals surface area contributed by atoms with Crippen LogP contribution in [0.1, 0.15) is 32.4 Å². The first-order chi connectivity index (χ1) is 8.17. The quantitative estimate of drug-likeness (QED) is 0.791. The molecule has 0 aliphatic carbocycles. The molecule has 0 spiro atoms. The molecule has 0 amide bonds. The van der Waals surface area contributed by atoms with Crippen molar-refractivity contribution in [1.82, 2.24) is 5.32 Å². The molecule has 1 unspecified atom stereocenters. The van der Waals surface area contributed by atoms with Crippen LogP contribution in [0.15, 0.2) is 24.3 Å². The highest BCUT2D eigenvalue weighted by Crippen LogP contribution is 2.21. The van der Waals surface area contributed by atoms with E-state index < -0.39 is 0 Å². The molecular formula is C14H23NO2. The fraction of sp³-hybridized carbons (Fsp3) is 0.571. The van der Waals surface area contributed by atoms with E-state index in [9.17, 15) is 0 Å². The molecule has 3 nitrogen and oxygen atoms in total. The molecule has 0 aromatic heterocycles. The van der Waals surface area contributed by atoms with Crippen molar-refractivity contribution in [2.45, 2.75) is 33.0 Å². The molecule has 1 rings (SSSR count). The van der Waals surface area contributed by atoms with Crippen LogP contribution >= 0.6 is 0 Å². The molecule has 0 fully saturated rings. The van der Waals surface area contributed by atoms with Crippen LogP contribution in [0.4, 0.5) is 0 Å². The number of benzene rings is 1. The summed E-state index contributed by atoms with van der Waals surface area (Å²) >= 11 is 0. The molecule has 0 saturated carbocycles. The first kappa shape index (κ1) is 14.0. The van der Waals surface area contributed by atoms with E-state index in [4.69, 9.17) is 9.47 Å². The fourth-order valence-electron chi connectivity index (χ4n) is 1.70. The third-order valence-electron chi connectivity index (χ3n) is 2.39. The van der Waals surface area contributed by atoms with Gasteiger partial charge in [0.2, 0.25) is 0 Å². The monoisotopic (exact) mass is 237 g/mol. The van der Waals surface area contributed by atoms with Crippen molar-refractivity contribution >= 4 is 0 Å². The van der Waals surface area contributed by atoms with Crippen molar-refractivity contribution in [2.24, 2.45) is 0 Å². The van der Waals surface area contributed by atoms with Gasteiger partial charge in [-0.3, -0.25) is 0 Å². The van der Waals surface area contributed by atoms with Crippen molar-refractivity contribution in [3.63, 3.8) is 0 Å². The zero-order valence-corrected chi connectivity index (χ0v) is 11.2. The van der Waals surface area contributed by atoms with Crippen molar-refractivity contribution in [3.05, 3.63) is 29.8 Å². The summed E-state index contributed by atoms with van der Waals surface area (Å²) in [5.74, 6) is 0.906. The van der Waals surface area contributed by atoms with Gasteiger partial charge < -0.3 is 14.8 Å². The van der Waals surface area contributed by atoms with Gasteiger partial charge in [0, 0.05) is 6.54 Å². The van der Waals surface area contributed by atoms with Crippen LogP contribution in [0.5, 0.6) is 5.75 Å². The lowest BCUT2D eigenvalue weighted by Crippen LogP contribution is -2.22. The van der Waals surface area contributed by atoms with E-state index >= 15 is 0 Å². The number of hydrogen-bond donors (Lipinski definition) is 1. The maximum Gasteiger partial charge on any atom is 0.119 e. The van der Waals surface area contributed by atoms with Gasteiger partial charge in [0.15, 0.2) is 0 Å². The lowest BCUT2D eigenvalue weighted by Gasteiger charge is -2.20. The van der Waals surface area contributed by atoms with E-state index in [1.807, 2.05) is 26.1 Å². The fourth-order valence-corrected chi connectivity index (χ4v) is 1.70. The molecule has 3 heteroatoms. The summed E-state index contributed by atoms with van der Waals surface area (Å²) in [5.41, 5.74) is 1.18. The Kier molecular flexibility index (Phi) is 6.01.